The van der Waals surface area contributed by atoms with Gasteiger partial charge in [-0.15, -0.1) is 0 Å². The van der Waals surface area contributed by atoms with Crippen LogP contribution in [0.1, 0.15) is 37.9 Å². The molecule has 1 rings (SSSR count). The molecule has 72 valence electrons. The third kappa shape index (κ3) is 3.08. The molecule has 0 aliphatic carbocycles. The van der Waals surface area contributed by atoms with Crippen LogP contribution >= 0.6 is 15.9 Å². The van der Waals surface area contributed by atoms with E-state index < -0.39 is 0 Å². The summed E-state index contributed by atoms with van der Waals surface area (Å²) in [7, 11) is 0. The van der Waals surface area contributed by atoms with E-state index in [0.717, 1.165) is 23.0 Å². The van der Waals surface area contributed by atoms with Crippen molar-refractivity contribution in [1.29, 1.82) is 0 Å². The summed E-state index contributed by atoms with van der Waals surface area (Å²) in [5.74, 6) is 0. The normalized spacial score (nSPS) is 12.8. The SMILES string of the molecule is CCCCC(N)c1ncccc1Br. The number of pyridine rings is 1. The highest BCUT2D eigenvalue weighted by Crippen LogP contribution is 2.22. The van der Waals surface area contributed by atoms with Crippen LogP contribution in [0.5, 0.6) is 0 Å². The van der Waals surface area contributed by atoms with Crippen molar-refractivity contribution in [2.45, 2.75) is 32.2 Å². The van der Waals surface area contributed by atoms with Gasteiger partial charge in [-0.2, -0.15) is 0 Å². The average molecular weight is 243 g/mol. The van der Waals surface area contributed by atoms with Crippen LogP contribution in [0.25, 0.3) is 0 Å². The largest absolute Gasteiger partial charge is 0.323 e. The molecule has 0 bridgehead atoms. The van der Waals surface area contributed by atoms with Crippen molar-refractivity contribution >= 4 is 15.9 Å². The predicted octanol–water partition coefficient (Wildman–Crippen LogP) is 3.03. The van der Waals surface area contributed by atoms with Crippen LogP contribution in [0.2, 0.25) is 0 Å². The zero-order valence-electron chi connectivity index (χ0n) is 7.83. The standard InChI is InChI=1S/C10H15BrN2/c1-2-3-6-9(12)10-8(11)5-4-7-13-10/h4-5,7,9H,2-3,6,12H2,1H3. The van der Waals surface area contributed by atoms with Crippen molar-refractivity contribution in [2.24, 2.45) is 5.73 Å². The molecule has 3 heteroatoms. The van der Waals surface area contributed by atoms with Crippen LogP contribution in [-0.2, 0) is 0 Å². The first-order valence-electron chi connectivity index (χ1n) is 4.61. The van der Waals surface area contributed by atoms with Crippen molar-refractivity contribution in [3.63, 3.8) is 0 Å². The van der Waals surface area contributed by atoms with Crippen LogP contribution in [0.15, 0.2) is 22.8 Å². The Morgan fingerprint density at radius 1 is 1.62 bits per heavy atom. The van der Waals surface area contributed by atoms with Crippen molar-refractivity contribution in [3.8, 4) is 0 Å². The summed E-state index contributed by atoms with van der Waals surface area (Å²) < 4.78 is 1.01. The Balaban J connectivity index is 2.65. The van der Waals surface area contributed by atoms with Gasteiger partial charge in [0.05, 0.1) is 5.69 Å². The number of rotatable bonds is 4. The van der Waals surface area contributed by atoms with Gasteiger partial charge in [-0.25, -0.2) is 0 Å². The number of aromatic nitrogens is 1. The van der Waals surface area contributed by atoms with E-state index in [1.165, 1.54) is 6.42 Å². The van der Waals surface area contributed by atoms with E-state index in [1.807, 2.05) is 12.1 Å². The molecular weight excluding hydrogens is 228 g/mol. The molecule has 2 N–H and O–H groups in total. The fourth-order valence-electron chi connectivity index (χ4n) is 1.23. The van der Waals surface area contributed by atoms with Crippen LogP contribution in [0.3, 0.4) is 0 Å². The first-order valence-corrected chi connectivity index (χ1v) is 5.41. The Morgan fingerprint density at radius 3 is 3.00 bits per heavy atom. The second-order valence-electron chi connectivity index (χ2n) is 3.12. The van der Waals surface area contributed by atoms with E-state index in [4.69, 9.17) is 5.73 Å². The minimum atomic E-state index is 0.0653. The number of nitrogens with zero attached hydrogens (tertiary/aromatic N) is 1. The van der Waals surface area contributed by atoms with Crippen LogP contribution in [0, 0.1) is 0 Å². The maximum absolute atomic E-state index is 5.99. The molecule has 2 nitrogen and oxygen atoms in total. The fourth-order valence-corrected chi connectivity index (χ4v) is 1.78. The summed E-state index contributed by atoms with van der Waals surface area (Å²) in [6.45, 7) is 2.17. The number of unbranched alkanes of at least 4 members (excludes halogenated alkanes) is 1. The van der Waals surface area contributed by atoms with Crippen molar-refractivity contribution < 1.29 is 0 Å². The Kier molecular flexibility index (Phi) is 4.39. The number of hydrogen-bond donors (Lipinski definition) is 1. The molecule has 0 saturated carbocycles. The number of nitrogens with two attached hydrogens (primary N) is 1. The molecule has 0 radical (unpaired) electrons. The summed E-state index contributed by atoms with van der Waals surface area (Å²) in [5, 5.41) is 0. The molecule has 1 aromatic heterocycles. The van der Waals surface area contributed by atoms with E-state index >= 15 is 0 Å². The highest BCUT2D eigenvalue weighted by Gasteiger charge is 2.09. The second kappa shape index (κ2) is 5.35. The number of halogens is 1. The summed E-state index contributed by atoms with van der Waals surface area (Å²) in [6, 6.07) is 3.95. The first kappa shape index (κ1) is 10.7. The first-order chi connectivity index (χ1) is 6.25. The van der Waals surface area contributed by atoms with Gasteiger partial charge in [-0.3, -0.25) is 4.98 Å². The minimum Gasteiger partial charge on any atom is -0.323 e. The smallest absolute Gasteiger partial charge is 0.0712 e. The van der Waals surface area contributed by atoms with Gasteiger partial charge in [0.2, 0.25) is 0 Å². The van der Waals surface area contributed by atoms with Crippen molar-refractivity contribution in [2.75, 3.05) is 0 Å². The van der Waals surface area contributed by atoms with Gasteiger partial charge in [-0.05, 0) is 34.5 Å². The lowest BCUT2D eigenvalue weighted by molar-refractivity contribution is 0.588. The van der Waals surface area contributed by atoms with Gasteiger partial charge in [0, 0.05) is 16.7 Å². The molecule has 0 aromatic carbocycles. The lowest BCUT2D eigenvalue weighted by Gasteiger charge is -2.11. The molecule has 1 unspecified atom stereocenters. The van der Waals surface area contributed by atoms with E-state index in [-0.39, 0.29) is 6.04 Å². The summed E-state index contributed by atoms with van der Waals surface area (Å²) in [6.07, 6.45) is 5.13. The molecule has 13 heavy (non-hydrogen) atoms. The van der Waals surface area contributed by atoms with E-state index in [2.05, 4.69) is 27.8 Å². The molecule has 1 aromatic rings. The van der Waals surface area contributed by atoms with E-state index in [0.29, 0.717) is 0 Å². The topological polar surface area (TPSA) is 38.9 Å². The molecule has 0 amide bonds. The fraction of sp³-hybridized carbons (Fsp3) is 0.500. The summed E-state index contributed by atoms with van der Waals surface area (Å²) >= 11 is 3.45. The maximum atomic E-state index is 5.99. The van der Waals surface area contributed by atoms with Gasteiger partial charge in [-0.1, -0.05) is 19.8 Å². The van der Waals surface area contributed by atoms with Gasteiger partial charge >= 0.3 is 0 Å². The Morgan fingerprint density at radius 2 is 2.38 bits per heavy atom. The minimum absolute atomic E-state index is 0.0653. The molecule has 0 aliphatic heterocycles. The Bertz CT molecular complexity index is 263. The van der Waals surface area contributed by atoms with Crippen LogP contribution < -0.4 is 5.73 Å². The van der Waals surface area contributed by atoms with Gasteiger partial charge in [0.1, 0.15) is 0 Å². The van der Waals surface area contributed by atoms with Crippen molar-refractivity contribution in [3.05, 3.63) is 28.5 Å². The molecule has 1 heterocycles. The molecule has 0 saturated heterocycles. The predicted molar refractivity (Wildman–Crippen MR) is 58.4 cm³/mol. The molecule has 0 aliphatic rings. The van der Waals surface area contributed by atoms with Crippen molar-refractivity contribution in [1.82, 2.24) is 4.98 Å². The Labute approximate surface area is 87.7 Å². The highest BCUT2D eigenvalue weighted by molar-refractivity contribution is 9.10. The number of hydrogen-bond acceptors (Lipinski definition) is 2. The second-order valence-corrected chi connectivity index (χ2v) is 3.97. The van der Waals surface area contributed by atoms with Gasteiger partial charge in [0.25, 0.3) is 0 Å². The van der Waals surface area contributed by atoms with Gasteiger partial charge < -0.3 is 5.73 Å². The Hall–Kier alpha value is -0.410. The molecular formula is C10H15BrN2. The summed E-state index contributed by atoms with van der Waals surface area (Å²) in [5.41, 5.74) is 6.96. The molecule has 0 spiro atoms. The zero-order chi connectivity index (χ0) is 9.68. The maximum Gasteiger partial charge on any atom is 0.0712 e. The average Bonchev–Trinajstić information content (AvgIpc) is 2.15. The monoisotopic (exact) mass is 242 g/mol. The molecule has 1 atom stereocenters. The highest BCUT2D eigenvalue weighted by atomic mass is 79.9. The molecule has 0 fully saturated rings. The van der Waals surface area contributed by atoms with E-state index in [1.54, 1.807) is 6.20 Å². The third-order valence-corrected chi connectivity index (χ3v) is 2.68. The van der Waals surface area contributed by atoms with Gasteiger partial charge in [0.15, 0.2) is 0 Å². The zero-order valence-corrected chi connectivity index (χ0v) is 9.42. The van der Waals surface area contributed by atoms with E-state index in [9.17, 15) is 0 Å². The summed E-state index contributed by atoms with van der Waals surface area (Å²) in [4.78, 5) is 4.26. The lowest BCUT2D eigenvalue weighted by Crippen LogP contribution is -2.12. The third-order valence-electron chi connectivity index (χ3n) is 2.01. The van der Waals surface area contributed by atoms with Crippen LogP contribution in [0.4, 0.5) is 0 Å². The lowest BCUT2D eigenvalue weighted by atomic mass is 10.1. The van der Waals surface area contributed by atoms with Crippen LogP contribution in [-0.4, -0.2) is 4.98 Å². The quantitative estimate of drug-likeness (QED) is 0.882.